The van der Waals surface area contributed by atoms with E-state index in [2.05, 4.69) is 0 Å². The number of nitrogens with zero attached hydrogens (tertiary/aromatic N) is 1. The summed E-state index contributed by atoms with van der Waals surface area (Å²) in [7, 11) is 0. The van der Waals surface area contributed by atoms with Crippen molar-refractivity contribution in [3.8, 4) is 0 Å². The van der Waals surface area contributed by atoms with Crippen LogP contribution in [-0.4, -0.2) is 78.8 Å². The van der Waals surface area contributed by atoms with Gasteiger partial charge in [0, 0.05) is 30.5 Å². The Kier molecular flexibility index (Phi) is 7.28. The number of rotatable bonds is 4. The van der Waals surface area contributed by atoms with Crippen molar-refractivity contribution >= 4 is 60.8 Å². The van der Waals surface area contributed by atoms with Gasteiger partial charge in [0.05, 0.1) is 5.97 Å². The molecule has 1 aliphatic rings. The Labute approximate surface area is 158 Å². The fourth-order valence-electron chi connectivity index (χ4n) is 2.49. The molecule has 0 radical (unpaired) electrons. The molecular weight excluding hydrogens is 383 g/mol. The van der Waals surface area contributed by atoms with Crippen LogP contribution in [0.25, 0.3) is 0 Å². The summed E-state index contributed by atoms with van der Waals surface area (Å²) in [5, 5.41) is 21.9. The van der Waals surface area contributed by atoms with Gasteiger partial charge in [-0.3, -0.25) is 4.90 Å². The van der Waals surface area contributed by atoms with Crippen molar-refractivity contribution in [1.82, 2.24) is 4.90 Å². The second-order valence-corrected chi connectivity index (χ2v) is 4.84. The summed E-state index contributed by atoms with van der Waals surface area (Å²) >= 11 is 0. The van der Waals surface area contributed by atoms with Gasteiger partial charge in [-0.15, -0.1) is 0 Å². The Balaban J connectivity index is 0.00000200. The molecule has 0 N–H and O–H groups in total. The maximum atomic E-state index is 11.0. The zero-order valence-electron chi connectivity index (χ0n) is 11.2. The number of benzene rings is 1. The van der Waals surface area contributed by atoms with Crippen LogP contribution in [0.5, 0.6) is 0 Å². The molecule has 2 rings (SSSR count). The van der Waals surface area contributed by atoms with Gasteiger partial charge in [-0.1, -0.05) is 24.3 Å². The van der Waals surface area contributed by atoms with E-state index in [1.54, 1.807) is 18.2 Å². The summed E-state index contributed by atoms with van der Waals surface area (Å²) in [6.07, 6.45) is 1.41. The van der Waals surface area contributed by atoms with Crippen molar-refractivity contribution < 1.29 is 19.8 Å². The number of hydrogen-bond donors (Lipinski definition) is 0. The van der Waals surface area contributed by atoms with Crippen LogP contribution in [0.15, 0.2) is 24.3 Å². The fourth-order valence-corrected chi connectivity index (χ4v) is 2.49. The molecule has 0 saturated carbocycles. The number of aliphatic carboxylic acids is 1. The van der Waals surface area contributed by atoms with Crippen LogP contribution >= 0.6 is 0 Å². The summed E-state index contributed by atoms with van der Waals surface area (Å²) in [6, 6.07) is 6.65. The van der Waals surface area contributed by atoms with E-state index in [0.29, 0.717) is 25.1 Å². The predicted molar refractivity (Wildman–Crippen MR) is 69.5 cm³/mol. The van der Waals surface area contributed by atoms with E-state index in [0.717, 1.165) is 13.0 Å². The number of carbonyl (C=O) groups is 2. The van der Waals surface area contributed by atoms with Crippen LogP contribution in [0.3, 0.4) is 0 Å². The van der Waals surface area contributed by atoms with Crippen LogP contribution in [0.4, 0.5) is 0 Å². The molecule has 20 heavy (non-hydrogen) atoms. The van der Waals surface area contributed by atoms with Gasteiger partial charge in [0.15, 0.2) is 0 Å². The molecule has 1 saturated heterocycles. The van der Waals surface area contributed by atoms with Gasteiger partial charge in [0.2, 0.25) is 0 Å². The van der Waals surface area contributed by atoms with Gasteiger partial charge in [-0.25, -0.2) is 0 Å². The molecule has 1 heterocycles. The van der Waals surface area contributed by atoms with Crippen molar-refractivity contribution in [2.75, 3.05) is 13.1 Å². The standard InChI is InChI=1S/C14H17NO4.Ba/c16-13(17)11-5-3-7-15(9-11)8-10-4-1-2-6-12(10)14(18)19;/h1-2,4,6,11H,3,5,7-9H2,(H,16,17)(H,18,19);/q;+2/p-2. The SMILES string of the molecule is O=C([O-])c1ccccc1CN1CCCC(C(=O)[O-])C1.[Ba+2]. The zero-order chi connectivity index (χ0) is 13.8. The van der Waals surface area contributed by atoms with E-state index in [9.17, 15) is 19.8 Å². The first kappa shape index (κ1) is 17.7. The second kappa shape index (κ2) is 8.21. The fraction of sp³-hybridized carbons (Fsp3) is 0.429. The van der Waals surface area contributed by atoms with Crippen molar-refractivity contribution in [2.24, 2.45) is 5.92 Å². The Bertz CT molecular complexity index is 492. The maximum absolute atomic E-state index is 11.0. The number of carbonyl (C=O) groups excluding carboxylic acids is 2. The van der Waals surface area contributed by atoms with Crippen LogP contribution < -0.4 is 10.2 Å². The predicted octanol–water partition coefficient (Wildman–Crippen LogP) is -1.37. The van der Waals surface area contributed by atoms with Crippen LogP contribution in [0.2, 0.25) is 0 Å². The minimum absolute atomic E-state index is 0. The Morgan fingerprint density at radius 1 is 1.25 bits per heavy atom. The summed E-state index contributed by atoms with van der Waals surface area (Å²) in [5.74, 6) is -2.70. The van der Waals surface area contributed by atoms with Crippen molar-refractivity contribution in [2.45, 2.75) is 19.4 Å². The largest absolute Gasteiger partial charge is 2.00 e. The third-order valence-electron chi connectivity index (χ3n) is 3.47. The first-order valence-corrected chi connectivity index (χ1v) is 6.30. The minimum atomic E-state index is -1.20. The first-order chi connectivity index (χ1) is 9.08. The van der Waals surface area contributed by atoms with Crippen molar-refractivity contribution in [3.63, 3.8) is 0 Å². The Morgan fingerprint density at radius 2 is 1.95 bits per heavy atom. The number of hydrogen-bond acceptors (Lipinski definition) is 5. The Hall–Kier alpha value is -0.309. The smallest absolute Gasteiger partial charge is 0.550 e. The Morgan fingerprint density at radius 3 is 2.60 bits per heavy atom. The molecule has 0 spiro atoms. The van der Waals surface area contributed by atoms with Crippen molar-refractivity contribution in [1.29, 1.82) is 0 Å². The monoisotopic (exact) mass is 399 g/mol. The van der Waals surface area contributed by atoms with E-state index >= 15 is 0 Å². The molecule has 6 heteroatoms. The minimum Gasteiger partial charge on any atom is -0.550 e. The zero-order valence-corrected chi connectivity index (χ0v) is 15.7. The number of carboxylic acid groups (broad SMARTS) is 2. The molecule has 1 fully saturated rings. The van der Waals surface area contributed by atoms with E-state index in [-0.39, 0.29) is 54.4 Å². The summed E-state index contributed by atoms with van der Waals surface area (Å²) < 4.78 is 0. The molecule has 0 aliphatic carbocycles. The second-order valence-electron chi connectivity index (χ2n) is 4.84. The number of carboxylic acids is 2. The quantitative estimate of drug-likeness (QED) is 0.585. The molecule has 102 valence electrons. The molecule has 0 aromatic heterocycles. The third-order valence-corrected chi connectivity index (χ3v) is 3.47. The summed E-state index contributed by atoms with van der Waals surface area (Å²) in [6.45, 7) is 1.60. The molecule has 1 aromatic carbocycles. The molecule has 1 aromatic rings. The van der Waals surface area contributed by atoms with E-state index in [4.69, 9.17) is 0 Å². The average Bonchev–Trinajstić information content (AvgIpc) is 2.39. The van der Waals surface area contributed by atoms with Gasteiger partial charge >= 0.3 is 48.9 Å². The number of piperidine rings is 1. The molecule has 1 atom stereocenters. The van der Waals surface area contributed by atoms with Gasteiger partial charge in [0.1, 0.15) is 0 Å². The van der Waals surface area contributed by atoms with Crippen molar-refractivity contribution in [3.05, 3.63) is 35.4 Å². The normalized spacial score (nSPS) is 19.1. The molecule has 5 nitrogen and oxygen atoms in total. The number of aromatic carboxylic acids is 1. The maximum Gasteiger partial charge on any atom is 2.00 e. The summed E-state index contributed by atoms with van der Waals surface area (Å²) in [5.41, 5.74) is 0.819. The van der Waals surface area contributed by atoms with E-state index in [1.165, 1.54) is 6.07 Å². The van der Waals surface area contributed by atoms with Gasteiger partial charge in [-0.05, 0) is 24.9 Å². The van der Waals surface area contributed by atoms with Gasteiger partial charge in [-0.2, -0.15) is 0 Å². The molecular formula is C14H15BaNO4. The van der Waals surface area contributed by atoms with E-state index in [1.807, 2.05) is 4.90 Å². The topological polar surface area (TPSA) is 83.5 Å². The molecule has 0 bridgehead atoms. The molecule has 1 unspecified atom stereocenters. The first-order valence-electron chi connectivity index (χ1n) is 6.30. The van der Waals surface area contributed by atoms with Crippen LogP contribution in [0, 0.1) is 5.92 Å². The van der Waals surface area contributed by atoms with Crippen LogP contribution in [-0.2, 0) is 11.3 Å². The average molecular weight is 399 g/mol. The van der Waals surface area contributed by atoms with Gasteiger partial charge < -0.3 is 19.8 Å². The third kappa shape index (κ3) is 4.61. The van der Waals surface area contributed by atoms with E-state index < -0.39 is 17.9 Å². The van der Waals surface area contributed by atoms with Crippen LogP contribution in [0.1, 0.15) is 28.8 Å². The summed E-state index contributed by atoms with van der Waals surface area (Å²) in [4.78, 5) is 23.8. The molecule has 1 aliphatic heterocycles. The number of likely N-dealkylation sites (tertiary alicyclic amines) is 1. The molecule has 0 amide bonds. The van der Waals surface area contributed by atoms with Gasteiger partial charge in [0.25, 0.3) is 0 Å².